The smallest absolute Gasteiger partial charge is 0.257 e. The standard InChI is InChI=1S/C13H8Cl3FN2O/c14-9-3-6(17)1-2-8(9)13(20)19-12-10(15)4-7(18)5-11(12)16/h1-5H,18H2,(H,19,20). The quantitative estimate of drug-likeness (QED) is 0.788. The van der Waals surface area contributed by atoms with Crippen molar-refractivity contribution in [2.45, 2.75) is 0 Å². The Morgan fingerprint density at radius 1 is 1.05 bits per heavy atom. The fourth-order valence-corrected chi connectivity index (χ4v) is 2.42. The number of amides is 1. The Bertz CT molecular complexity index is 668. The Morgan fingerprint density at radius 3 is 2.20 bits per heavy atom. The van der Waals surface area contributed by atoms with Gasteiger partial charge in [0.25, 0.3) is 5.91 Å². The first-order valence-corrected chi connectivity index (χ1v) is 6.53. The molecule has 3 nitrogen and oxygen atoms in total. The fraction of sp³-hybridized carbons (Fsp3) is 0. The lowest BCUT2D eigenvalue weighted by atomic mass is 10.2. The van der Waals surface area contributed by atoms with Crippen LogP contribution in [-0.4, -0.2) is 5.91 Å². The summed E-state index contributed by atoms with van der Waals surface area (Å²) in [5, 5.41) is 2.90. The second kappa shape index (κ2) is 5.87. The first-order valence-electron chi connectivity index (χ1n) is 5.39. The number of carbonyl (C=O) groups excluding carboxylic acids is 1. The van der Waals surface area contributed by atoms with Crippen LogP contribution in [0.3, 0.4) is 0 Å². The summed E-state index contributed by atoms with van der Waals surface area (Å²) in [4.78, 5) is 12.1. The van der Waals surface area contributed by atoms with Gasteiger partial charge in [-0.15, -0.1) is 0 Å². The molecule has 2 aromatic carbocycles. The third-order valence-corrected chi connectivity index (χ3v) is 3.39. The maximum Gasteiger partial charge on any atom is 0.257 e. The summed E-state index contributed by atoms with van der Waals surface area (Å²) in [6, 6.07) is 6.35. The number of nitrogens with two attached hydrogens (primary N) is 1. The van der Waals surface area contributed by atoms with Gasteiger partial charge in [0.15, 0.2) is 0 Å². The van der Waals surface area contributed by atoms with Crippen LogP contribution in [0.25, 0.3) is 0 Å². The summed E-state index contributed by atoms with van der Waals surface area (Å²) in [7, 11) is 0. The van der Waals surface area contributed by atoms with E-state index in [1.807, 2.05) is 0 Å². The SMILES string of the molecule is Nc1cc(Cl)c(NC(=O)c2ccc(F)cc2Cl)c(Cl)c1. The van der Waals surface area contributed by atoms with Crippen LogP contribution in [0.5, 0.6) is 0 Å². The monoisotopic (exact) mass is 332 g/mol. The highest BCUT2D eigenvalue weighted by Crippen LogP contribution is 2.33. The molecule has 2 aromatic rings. The molecule has 7 heteroatoms. The van der Waals surface area contributed by atoms with Crippen molar-refractivity contribution < 1.29 is 9.18 Å². The highest BCUT2D eigenvalue weighted by molar-refractivity contribution is 6.41. The van der Waals surface area contributed by atoms with Crippen molar-refractivity contribution in [1.82, 2.24) is 0 Å². The minimum atomic E-state index is -0.552. The zero-order valence-electron chi connectivity index (χ0n) is 9.88. The van der Waals surface area contributed by atoms with Crippen molar-refractivity contribution in [2.75, 3.05) is 11.1 Å². The maximum atomic E-state index is 12.9. The van der Waals surface area contributed by atoms with Crippen LogP contribution < -0.4 is 11.1 Å². The minimum absolute atomic E-state index is 0.00908. The van der Waals surface area contributed by atoms with E-state index in [1.165, 1.54) is 18.2 Å². The molecule has 1 amide bonds. The predicted molar refractivity (Wildman–Crippen MR) is 80.2 cm³/mol. The normalized spacial score (nSPS) is 10.4. The Labute approximate surface area is 129 Å². The van der Waals surface area contributed by atoms with Crippen molar-refractivity contribution in [3.8, 4) is 0 Å². The molecule has 0 radical (unpaired) electrons. The van der Waals surface area contributed by atoms with Gasteiger partial charge in [0.2, 0.25) is 0 Å². The molecule has 20 heavy (non-hydrogen) atoms. The van der Waals surface area contributed by atoms with Crippen molar-refractivity contribution in [3.63, 3.8) is 0 Å². The lowest BCUT2D eigenvalue weighted by Gasteiger charge is -2.11. The number of hydrogen-bond donors (Lipinski definition) is 2. The molecule has 0 bridgehead atoms. The molecule has 0 aromatic heterocycles. The van der Waals surface area contributed by atoms with E-state index in [9.17, 15) is 9.18 Å². The summed E-state index contributed by atoms with van der Waals surface area (Å²) < 4.78 is 12.9. The van der Waals surface area contributed by atoms with E-state index in [0.29, 0.717) is 5.69 Å². The van der Waals surface area contributed by atoms with Crippen LogP contribution in [0.2, 0.25) is 15.1 Å². The van der Waals surface area contributed by atoms with Crippen LogP contribution in [0.15, 0.2) is 30.3 Å². The van der Waals surface area contributed by atoms with Crippen LogP contribution in [0, 0.1) is 5.82 Å². The van der Waals surface area contributed by atoms with Gasteiger partial charge in [0.1, 0.15) is 5.82 Å². The highest BCUT2D eigenvalue weighted by atomic mass is 35.5. The molecule has 0 atom stereocenters. The molecule has 0 fully saturated rings. The van der Waals surface area contributed by atoms with Crippen molar-refractivity contribution in [1.29, 1.82) is 0 Å². The average Bonchev–Trinajstić information content (AvgIpc) is 2.33. The van der Waals surface area contributed by atoms with Gasteiger partial charge in [-0.25, -0.2) is 4.39 Å². The molecule has 0 unspecified atom stereocenters. The third kappa shape index (κ3) is 3.15. The lowest BCUT2D eigenvalue weighted by Crippen LogP contribution is -2.13. The number of nitrogen functional groups attached to an aromatic ring is 1. The Hall–Kier alpha value is -1.49. The van der Waals surface area contributed by atoms with Crippen LogP contribution in [0.1, 0.15) is 10.4 Å². The zero-order valence-corrected chi connectivity index (χ0v) is 12.2. The number of nitrogens with one attached hydrogen (secondary N) is 1. The second-order valence-electron chi connectivity index (χ2n) is 3.94. The Kier molecular flexibility index (Phi) is 4.38. The van der Waals surface area contributed by atoms with Gasteiger partial charge in [-0.2, -0.15) is 0 Å². The minimum Gasteiger partial charge on any atom is -0.399 e. The molecule has 2 rings (SSSR count). The molecular formula is C13H8Cl3FN2O. The Balaban J connectivity index is 2.33. The Morgan fingerprint density at radius 2 is 1.65 bits per heavy atom. The maximum absolute atomic E-state index is 12.9. The van der Waals surface area contributed by atoms with Crippen LogP contribution in [0.4, 0.5) is 15.8 Å². The van der Waals surface area contributed by atoms with Gasteiger partial charge < -0.3 is 11.1 Å². The van der Waals surface area contributed by atoms with Gasteiger partial charge in [-0.3, -0.25) is 4.79 Å². The van der Waals surface area contributed by atoms with Gasteiger partial charge >= 0.3 is 0 Å². The molecule has 0 aliphatic rings. The van der Waals surface area contributed by atoms with Crippen LogP contribution >= 0.6 is 34.8 Å². The highest BCUT2D eigenvalue weighted by Gasteiger charge is 2.15. The molecule has 0 spiro atoms. The first-order chi connectivity index (χ1) is 9.38. The number of benzene rings is 2. The lowest BCUT2D eigenvalue weighted by molar-refractivity contribution is 0.102. The number of halogens is 4. The van der Waals surface area contributed by atoms with E-state index in [0.717, 1.165) is 12.1 Å². The predicted octanol–water partition coefficient (Wildman–Crippen LogP) is 4.62. The van der Waals surface area contributed by atoms with Gasteiger partial charge in [-0.1, -0.05) is 34.8 Å². The first kappa shape index (κ1) is 14.9. The van der Waals surface area contributed by atoms with E-state index in [-0.39, 0.29) is 26.3 Å². The summed E-state index contributed by atoms with van der Waals surface area (Å²) in [6.45, 7) is 0. The number of hydrogen-bond acceptors (Lipinski definition) is 2. The summed E-state index contributed by atoms with van der Waals surface area (Å²) >= 11 is 17.7. The molecule has 3 N–H and O–H groups in total. The zero-order chi connectivity index (χ0) is 14.9. The molecule has 0 saturated heterocycles. The third-order valence-electron chi connectivity index (χ3n) is 2.48. The van der Waals surface area contributed by atoms with E-state index in [1.54, 1.807) is 0 Å². The topological polar surface area (TPSA) is 55.1 Å². The largest absolute Gasteiger partial charge is 0.399 e. The van der Waals surface area contributed by atoms with Crippen LogP contribution in [-0.2, 0) is 0 Å². The summed E-state index contributed by atoms with van der Waals surface area (Å²) in [6.07, 6.45) is 0. The van der Waals surface area contributed by atoms with E-state index in [2.05, 4.69) is 5.32 Å². The van der Waals surface area contributed by atoms with Gasteiger partial charge in [0.05, 0.1) is 26.3 Å². The number of carbonyl (C=O) groups is 1. The molecule has 0 aliphatic carbocycles. The fourth-order valence-electron chi connectivity index (χ4n) is 1.57. The van der Waals surface area contributed by atoms with Gasteiger partial charge in [-0.05, 0) is 30.3 Å². The van der Waals surface area contributed by atoms with Crippen molar-refractivity contribution in [2.24, 2.45) is 0 Å². The van der Waals surface area contributed by atoms with Crippen molar-refractivity contribution >= 4 is 52.1 Å². The van der Waals surface area contributed by atoms with Gasteiger partial charge in [0, 0.05) is 5.69 Å². The summed E-state index contributed by atoms with van der Waals surface area (Å²) in [5.74, 6) is -1.08. The second-order valence-corrected chi connectivity index (χ2v) is 5.16. The van der Waals surface area contributed by atoms with Crippen molar-refractivity contribution in [3.05, 3.63) is 56.8 Å². The summed E-state index contributed by atoms with van der Waals surface area (Å²) in [5.41, 5.74) is 6.26. The molecular weight excluding hydrogens is 326 g/mol. The number of anilines is 2. The van der Waals surface area contributed by atoms with E-state index in [4.69, 9.17) is 40.5 Å². The van der Waals surface area contributed by atoms with E-state index >= 15 is 0 Å². The molecule has 0 aliphatic heterocycles. The average molecular weight is 334 g/mol. The molecule has 0 heterocycles. The molecule has 0 saturated carbocycles. The number of rotatable bonds is 2. The van der Waals surface area contributed by atoms with E-state index < -0.39 is 11.7 Å². The molecule has 104 valence electrons.